The minimum absolute atomic E-state index is 0.0467. The number of halogens is 2. The van der Waals surface area contributed by atoms with E-state index in [4.69, 9.17) is 4.74 Å². The van der Waals surface area contributed by atoms with Crippen molar-refractivity contribution in [3.8, 4) is 0 Å². The normalized spacial score (nSPS) is 29.7. The Labute approximate surface area is 158 Å². The Bertz CT molecular complexity index is 694. The average Bonchev–Trinajstić information content (AvgIpc) is 3.08. The number of piperazine rings is 1. The average molecular weight is 379 g/mol. The molecule has 1 amide bonds. The number of carbonyl (C=O) groups excluding carboxylic acids is 1. The molecule has 0 N–H and O–H groups in total. The first-order valence-electron chi connectivity index (χ1n) is 9.78. The van der Waals surface area contributed by atoms with Crippen molar-refractivity contribution in [3.05, 3.63) is 35.4 Å². The van der Waals surface area contributed by atoms with E-state index in [-0.39, 0.29) is 18.1 Å². The van der Waals surface area contributed by atoms with Gasteiger partial charge in [-0.05, 0) is 50.0 Å². The van der Waals surface area contributed by atoms with Crippen molar-refractivity contribution in [1.82, 2.24) is 14.7 Å². The Balaban J connectivity index is 1.32. The summed E-state index contributed by atoms with van der Waals surface area (Å²) in [6.45, 7) is 5.55. The molecule has 0 unspecified atom stereocenters. The number of likely N-dealkylation sites (tertiary alicyclic amines) is 1. The van der Waals surface area contributed by atoms with Crippen molar-refractivity contribution < 1.29 is 18.3 Å². The van der Waals surface area contributed by atoms with Crippen molar-refractivity contribution in [1.29, 1.82) is 0 Å². The summed E-state index contributed by atoms with van der Waals surface area (Å²) in [5.41, 5.74) is 0.760. The Morgan fingerprint density at radius 3 is 2.67 bits per heavy atom. The van der Waals surface area contributed by atoms with Gasteiger partial charge in [-0.15, -0.1) is 0 Å². The molecule has 1 aromatic rings. The highest BCUT2D eigenvalue weighted by Crippen LogP contribution is 2.34. The molecule has 1 aromatic carbocycles. The summed E-state index contributed by atoms with van der Waals surface area (Å²) >= 11 is 0. The molecule has 5 nitrogen and oxygen atoms in total. The van der Waals surface area contributed by atoms with E-state index in [0.717, 1.165) is 57.7 Å². The van der Waals surface area contributed by atoms with E-state index in [0.29, 0.717) is 12.5 Å². The van der Waals surface area contributed by atoms with E-state index in [1.165, 1.54) is 12.1 Å². The minimum Gasteiger partial charge on any atom is -0.364 e. The molecule has 0 aliphatic carbocycles. The Morgan fingerprint density at radius 2 is 1.93 bits per heavy atom. The third-order valence-corrected chi connectivity index (χ3v) is 6.12. The second-order valence-electron chi connectivity index (χ2n) is 8.06. The summed E-state index contributed by atoms with van der Waals surface area (Å²) in [6.07, 6.45) is 1.49. The number of carbonyl (C=O) groups is 1. The minimum atomic E-state index is -0.818. The number of hydrogen-bond donors (Lipinski definition) is 0. The summed E-state index contributed by atoms with van der Waals surface area (Å²) in [7, 11) is 2.07. The zero-order valence-electron chi connectivity index (χ0n) is 15.7. The quantitative estimate of drug-likeness (QED) is 0.801. The number of hydrogen-bond acceptors (Lipinski definition) is 4. The van der Waals surface area contributed by atoms with E-state index in [1.54, 1.807) is 6.07 Å². The zero-order valence-corrected chi connectivity index (χ0v) is 15.7. The first-order valence-corrected chi connectivity index (χ1v) is 9.78. The first kappa shape index (κ1) is 18.8. The molecule has 3 heterocycles. The molecule has 0 spiro atoms. The maximum Gasteiger partial charge on any atom is 0.251 e. The molecule has 0 radical (unpaired) electrons. The van der Waals surface area contributed by atoms with Crippen LogP contribution in [0.3, 0.4) is 0 Å². The number of ether oxygens (including phenoxy) is 1. The predicted molar refractivity (Wildman–Crippen MR) is 97.1 cm³/mol. The van der Waals surface area contributed by atoms with Gasteiger partial charge in [0.1, 0.15) is 6.10 Å². The van der Waals surface area contributed by atoms with Gasteiger partial charge in [0.2, 0.25) is 0 Å². The van der Waals surface area contributed by atoms with E-state index >= 15 is 0 Å². The van der Waals surface area contributed by atoms with Gasteiger partial charge in [0.15, 0.2) is 11.6 Å². The highest BCUT2D eigenvalue weighted by molar-refractivity contribution is 5.81. The monoisotopic (exact) mass is 379 g/mol. The Morgan fingerprint density at radius 1 is 1.15 bits per heavy atom. The molecule has 0 aromatic heterocycles. The second-order valence-corrected chi connectivity index (χ2v) is 8.06. The van der Waals surface area contributed by atoms with Crippen molar-refractivity contribution in [2.75, 3.05) is 46.3 Å². The lowest BCUT2D eigenvalue weighted by Gasteiger charge is -2.34. The van der Waals surface area contributed by atoms with Gasteiger partial charge in [0, 0.05) is 39.3 Å². The van der Waals surface area contributed by atoms with Crippen LogP contribution in [0.25, 0.3) is 0 Å². The van der Waals surface area contributed by atoms with Gasteiger partial charge in [-0.2, -0.15) is 0 Å². The molecule has 4 rings (SSSR count). The summed E-state index contributed by atoms with van der Waals surface area (Å²) in [5, 5.41) is 0. The largest absolute Gasteiger partial charge is 0.364 e. The molecule has 3 fully saturated rings. The van der Waals surface area contributed by atoms with Gasteiger partial charge in [-0.1, -0.05) is 6.07 Å². The molecule has 3 aliphatic rings. The van der Waals surface area contributed by atoms with Gasteiger partial charge >= 0.3 is 0 Å². The van der Waals surface area contributed by atoms with Crippen LogP contribution >= 0.6 is 0 Å². The molecule has 3 saturated heterocycles. The van der Waals surface area contributed by atoms with Crippen LogP contribution in [0.15, 0.2) is 18.2 Å². The van der Waals surface area contributed by atoms with Crippen molar-refractivity contribution >= 4 is 5.91 Å². The lowest BCUT2D eigenvalue weighted by Crippen LogP contribution is -2.50. The number of piperidine rings is 1. The highest BCUT2D eigenvalue weighted by Gasteiger charge is 2.43. The Hall–Kier alpha value is -1.57. The van der Waals surface area contributed by atoms with Crippen LogP contribution in [0.2, 0.25) is 0 Å². The van der Waals surface area contributed by atoms with Crippen LogP contribution in [0, 0.1) is 17.6 Å². The van der Waals surface area contributed by atoms with E-state index in [2.05, 4.69) is 16.8 Å². The zero-order chi connectivity index (χ0) is 19.0. The fourth-order valence-electron chi connectivity index (χ4n) is 4.42. The molecular formula is C20H27F2N3O2. The Kier molecular flexibility index (Phi) is 5.43. The lowest BCUT2D eigenvalue weighted by molar-refractivity contribution is -0.145. The van der Waals surface area contributed by atoms with Crippen LogP contribution in [0.1, 0.15) is 18.4 Å². The number of rotatable bonds is 3. The van der Waals surface area contributed by atoms with Crippen molar-refractivity contribution in [2.24, 2.45) is 5.92 Å². The molecule has 0 saturated carbocycles. The number of likely N-dealkylation sites (N-methyl/N-ethyl adjacent to an activating group) is 1. The van der Waals surface area contributed by atoms with Crippen LogP contribution in [-0.2, 0) is 16.1 Å². The molecule has 7 heteroatoms. The smallest absolute Gasteiger partial charge is 0.251 e. The van der Waals surface area contributed by atoms with E-state index in [9.17, 15) is 13.6 Å². The molecular weight excluding hydrogens is 352 g/mol. The van der Waals surface area contributed by atoms with Gasteiger partial charge < -0.3 is 14.5 Å². The lowest BCUT2D eigenvalue weighted by atomic mass is 9.91. The van der Waals surface area contributed by atoms with E-state index in [1.807, 2.05) is 4.90 Å². The number of benzene rings is 1. The highest BCUT2D eigenvalue weighted by atomic mass is 19.2. The number of nitrogens with zero attached hydrogens (tertiary/aromatic N) is 3. The molecule has 27 heavy (non-hydrogen) atoms. The summed E-state index contributed by atoms with van der Waals surface area (Å²) in [5.74, 6) is -1.09. The van der Waals surface area contributed by atoms with Crippen LogP contribution in [0.4, 0.5) is 8.78 Å². The first-order chi connectivity index (χ1) is 13.0. The maximum atomic E-state index is 13.4. The fourth-order valence-corrected chi connectivity index (χ4v) is 4.42. The SMILES string of the molecule is CN1CCN(C(=O)[C@@H]2C[C@@H]3CCN(Cc4ccc(F)c(F)c4)C[C@H]3O2)CC1. The van der Waals surface area contributed by atoms with E-state index < -0.39 is 11.6 Å². The van der Waals surface area contributed by atoms with Crippen LogP contribution in [-0.4, -0.2) is 79.1 Å². The van der Waals surface area contributed by atoms with Gasteiger partial charge in [-0.3, -0.25) is 9.69 Å². The third kappa shape index (κ3) is 4.15. The summed E-state index contributed by atoms with van der Waals surface area (Å²) in [4.78, 5) is 19.2. The number of amides is 1. The predicted octanol–water partition coefficient (Wildman–Crippen LogP) is 1.72. The van der Waals surface area contributed by atoms with Crippen LogP contribution in [0.5, 0.6) is 0 Å². The molecule has 148 valence electrons. The van der Waals surface area contributed by atoms with Crippen LogP contribution < -0.4 is 0 Å². The number of fused-ring (bicyclic) bond motifs is 1. The molecule has 3 aliphatic heterocycles. The van der Waals surface area contributed by atoms with Gasteiger partial charge in [0.05, 0.1) is 6.10 Å². The molecule has 0 bridgehead atoms. The standard InChI is InChI=1S/C20H27F2N3O2/c1-23-6-8-25(9-7-23)20(26)18-11-15-4-5-24(13-19(15)27-18)12-14-2-3-16(21)17(22)10-14/h2-3,10,15,18-19H,4-9,11-13H2,1H3/t15-,18-,19+/m0/s1. The van der Waals surface area contributed by atoms with Gasteiger partial charge in [-0.25, -0.2) is 8.78 Å². The third-order valence-electron chi connectivity index (χ3n) is 6.12. The fraction of sp³-hybridized carbons (Fsp3) is 0.650. The summed E-state index contributed by atoms with van der Waals surface area (Å²) < 4.78 is 32.7. The molecule has 3 atom stereocenters. The van der Waals surface area contributed by atoms with Crippen molar-refractivity contribution in [3.63, 3.8) is 0 Å². The maximum absolute atomic E-state index is 13.4. The summed E-state index contributed by atoms with van der Waals surface area (Å²) in [6, 6.07) is 4.06. The van der Waals surface area contributed by atoms with Crippen molar-refractivity contribution in [2.45, 2.75) is 31.6 Å². The van der Waals surface area contributed by atoms with Gasteiger partial charge in [0.25, 0.3) is 5.91 Å². The topological polar surface area (TPSA) is 36.0 Å². The second kappa shape index (κ2) is 7.81.